The van der Waals surface area contributed by atoms with Crippen molar-refractivity contribution in [1.29, 1.82) is 0 Å². The molecule has 3 heteroatoms. The van der Waals surface area contributed by atoms with Crippen molar-refractivity contribution in [1.82, 2.24) is 0 Å². The molecule has 0 aromatic heterocycles. The zero-order valence-electron chi connectivity index (χ0n) is 10.3. The number of ether oxygens (including phenoxy) is 1. The third kappa shape index (κ3) is 2.39. The van der Waals surface area contributed by atoms with Gasteiger partial charge in [0.2, 0.25) is 0 Å². The molecule has 0 aliphatic carbocycles. The molecular formula is C14H17FO2. The van der Waals surface area contributed by atoms with Crippen molar-refractivity contribution >= 4 is 5.78 Å². The van der Waals surface area contributed by atoms with Crippen LogP contribution in [-0.4, -0.2) is 18.0 Å². The first-order valence-electron chi connectivity index (χ1n) is 5.98. The van der Waals surface area contributed by atoms with E-state index in [9.17, 15) is 9.18 Å². The Balaban J connectivity index is 2.26. The SMILES string of the molecule is Cc1cc(C(=O)C2(C)CCCCO2)ccc1F. The lowest BCUT2D eigenvalue weighted by atomic mass is 9.87. The molecule has 0 spiro atoms. The second-order valence-electron chi connectivity index (χ2n) is 4.83. The van der Waals surface area contributed by atoms with Crippen molar-refractivity contribution in [2.45, 2.75) is 38.7 Å². The molecule has 1 saturated heterocycles. The van der Waals surface area contributed by atoms with E-state index in [0.717, 1.165) is 19.3 Å². The standard InChI is InChI=1S/C14H17FO2/c1-10-9-11(5-6-12(10)15)13(16)14(2)7-3-4-8-17-14/h5-6,9H,3-4,7-8H2,1-2H3. The van der Waals surface area contributed by atoms with E-state index in [1.54, 1.807) is 13.0 Å². The van der Waals surface area contributed by atoms with Crippen molar-refractivity contribution in [2.75, 3.05) is 6.61 Å². The third-order valence-electron chi connectivity index (χ3n) is 3.37. The van der Waals surface area contributed by atoms with Crippen LogP contribution >= 0.6 is 0 Å². The van der Waals surface area contributed by atoms with E-state index in [1.807, 2.05) is 6.92 Å². The van der Waals surface area contributed by atoms with Gasteiger partial charge in [-0.3, -0.25) is 4.79 Å². The molecular weight excluding hydrogens is 219 g/mol. The van der Waals surface area contributed by atoms with E-state index in [1.165, 1.54) is 12.1 Å². The highest BCUT2D eigenvalue weighted by Gasteiger charge is 2.36. The van der Waals surface area contributed by atoms with Crippen LogP contribution in [0.2, 0.25) is 0 Å². The molecule has 1 heterocycles. The Morgan fingerprint density at radius 3 is 2.76 bits per heavy atom. The smallest absolute Gasteiger partial charge is 0.194 e. The molecule has 0 N–H and O–H groups in total. The Hall–Kier alpha value is -1.22. The topological polar surface area (TPSA) is 26.3 Å². The summed E-state index contributed by atoms with van der Waals surface area (Å²) in [5, 5.41) is 0. The lowest BCUT2D eigenvalue weighted by Gasteiger charge is -2.32. The van der Waals surface area contributed by atoms with Crippen LogP contribution in [0.25, 0.3) is 0 Å². The average Bonchev–Trinajstić information content (AvgIpc) is 2.33. The first-order valence-corrected chi connectivity index (χ1v) is 5.98. The summed E-state index contributed by atoms with van der Waals surface area (Å²) in [5.74, 6) is -0.323. The number of rotatable bonds is 2. The van der Waals surface area contributed by atoms with Gasteiger partial charge < -0.3 is 4.74 Å². The predicted molar refractivity (Wildman–Crippen MR) is 63.7 cm³/mol. The van der Waals surface area contributed by atoms with Crippen molar-refractivity contribution in [2.24, 2.45) is 0 Å². The summed E-state index contributed by atoms with van der Waals surface area (Å²) < 4.78 is 18.8. The van der Waals surface area contributed by atoms with Crippen LogP contribution in [0.5, 0.6) is 0 Å². The van der Waals surface area contributed by atoms with Crippen LogP contribution in [0, 0.1) is 12.7 Å². The maximum atomic E-state index is 13.2. The van der Waals surface area contributed by atoms with Gasteiger partial charge in [0.1, 0.15) is 11.4 Å². The molecule has 1 fully saturated rings. The largest absolute Gasteiger partial charge is 0.367 e. The van der Waals surface area contributed by atoms with Crippen LogP contribution in [0.15, 0.2) is 18.2 Å². The highest BCUT2D eigenvalue weighted by Crippen LogP contribution is 2.28. The molecule has 0 amide bonds. The molecule has 0 bridgehead atoms. The fraction of sp³-hybridized carbons (Fsp3) is 0.500. The molecule has 1 atom stereocenters. The Morgan fingerprint density at radius 1 is 1.41 bits per heavy atom. The number of aryl methyl sites for hydroxylation is 1. The number of ketones is 1. The van der Waals surface area contributed by atoms with Gasteiger partial charge in [0, 0.05) is 12.2 Å². The van der Waals surface area contributed by atoms with Gasteiger partial charge in [-0.15, -0.1) is 0 Å². The lowest BCUT2D eigenvalue weighted by Crippen LogP contribution is -2.41. The molecule has 1 unspecified atom stereocenters. The number of Topliss-reactive ketones (excluding diaryl/α,β-unsaturated/α-hetero) is 1. The fourth-order valence-corrected chi connectivity index (χ4v) is 2.20. The quantitative estimate of drug-likeness (QED) is 0.737. The van der Waals surface area contributed by atoms with Gasteiger partial charge >= 0.3 is 0 Å². The van der Waals surface area contributed by atoms with E-state index in [-0.39, 0.29) is 11.6 Å². The Kier molecular flexibility index (Phi) is 3.29. The molecule has 1 aromatic rings. The Labute approximate surface area is 101 Å². The molecule has 1 aliphatic heterocycles. The molecule has 1 aromatic carbocycles. The molecule has 0 radical (unpaired) electrons. The second-order valence-corrected chi connectivity index (χ2v) is 4.83. The van der Waals surface area contributed by atoms with E-state index in [0.29, 0.717) is 17.7 Å². The van der Waals surface area contributed by atoms with Gasteiger partial charge in [-0.1, -0.05) is 0 Å². The number of carbonyl (C=O) groups excluding carboxylic acids is 1. The minimum atomic E-state index is -0.734. The van der Waals surface area contributed by atoms with Crippen LogP contribution in [0.4, 0.5) is 4.39 Å². The zero-order chi connectivity index (χ0) is 12.5. The summed E-state index contributed by atoms with van der Waals surface area (Å²) in [4.78, 5) is 12.3. The molecule has 92 valence electrons. The highest BCUT2D eigenvalue weighted by molar-refractivity contribution is 6.02. The Morgan fingerprint density at radius 2 is 2.18 bits per heavy atom. The van der Waals surface area contributed by atoms with Crippen LogP contribution < -0.4 is 0 Å². The van der Waals surface area contributed by atoms with Crippen LogP contribution in [-0.2, 0) is 4.74 Å². The minimum absolute atomic E-state index is 0.0414. The van der Waals surface area contributed by atoms with Gasteiger partial charge in [-0.2, -0.15) is 0 Å². The average molecular weight is 236 g/mol. The summed E-state index contributed by atoms with van der Waals surface area (Å²) in [6.45, 7) is 4.12. The summed E-state index contributed by atoms with van der Waals surface area (Å²) in [5.41, 5.74) is 0.297. The van der Waals surface area contributed by atoms with Gasteiger partial charge in [0.15, 0.2) is 5.78 Å². The summed E-state index contributed by atoms with van der Waals surface area (Å²) in [6.07, 6.45) is 2.75. The fourth-order valence-electron chi connectivity index (χ4n) is 2.20. The number of benzene rings is 1. The Bertz CT molecular complexity index is 434. The maximum absolute atomic E-state index is 13.2. The third-order valence-corrected chi connectivity index (χ3v) is 3.37. The minimum Gasteiger partial charge on any atom is -0.367 e. The predicted octanol–water partition coefficient (Wildman–Crippen LogP) is 3.28. The number of carbonyl (C=O) groups is 1. The molecule has 2 rings (SSSR count). The van der Waals surface area contributed by atoms with Crippen molar-refractivity contribution in [3.63, 3.8) is 0 Å². The monoisotopic (exact) mass is 236 g/mol. The highest BCUT2D eigenvalue weighted by atomic mass is 19.1. The van der Waals surface area contributed by atoms with E-state index in [2.05, 4.69) is 0 Å². The second kappa shape index (κ2) is 4.57. The molecule has 1 aliphatic rings. The van der Waals surface area contributed by atoms with Crippen molar-refractivity contribution < 1.29 is 13.9 Å². The van der Waals surface area contributed by atoms with Crippen molar-refractivity contribution in [3.05, 3.63) is 35.1 Å². The van der Waals surface area contributed by atoms with Crippen molar-refractivity contribution in [3.8, 4) is 0 Å². The molecule has 2 nitrogen and oxygen atoms in total. The lowest BCUT2D eigenvalue weighted by molar-refractivity contribution is -0.0426. The zero-order valence-corrected chi connectivity index (χ0v) is 10.3. The van der Waals surface area contributed by atoms with Gasteiger partial charge in [-0.25, -0.2) is 4.39 Å². The maximum Gasteiger partial charge on any atom is 0.194 e. The van der Waals surface area contributed by atoms with E-state index >= 15 is 0 Å². The van der Waals surface area contributed by atoms with Gasteiger partial charge in [-0.05, 0) is 56.9 Å². The summed E-state index contributed by atoms with van der Waals surface area (Å²) >= 11 is 0. The molecule has 0 saturated carbocycles. The van der Waals surface area contributed by atoms with E-state index in [4.69, 9.17) is 4.74 Å². The van der Waals surface area contributed by atoms with Crippen LogP contribution in [0.1, 0.15) is 42.1 Å². The van der Waals surface area contributed by atoms with Crippen LogP contribution in [0.3, 0.4) is 0 Å². The van der Waals surface area contributed by atoms with Gasteiger partial charge in [0.05, 0.1) is 0 Å². The first kappa shape index (κ1) is 12.2. The van der Waals surface area contributed by atoms with E-state index < -0.39 is 5.60 Å². The summed E-state index contributed by atoms with van der Waals surface area (Å²) in [7, 11) is 0. The first-order chi connectivity index (χ1) is 8.03. The number of hydrogen-bond acceptors (Lipinski definition) is 2. The molecule has 17 heavy (non-hydrogen) atoms. The summed E-state index contributed by atoms with van der Waals surface area (Å²) in [6, 6.07) is 4.48. The number of halogens is 1. The van der Waals surface area contributed by atoms with Gasteiger partial charge in [0.25, 0.3) is 0 Å². The normalized spacial score (nSPS) is 24.6. The number of hydrogen-bond donors (Lipinski definition) is 0.